The van der Waals surface area contributed by atoms with E-state index in [9.17, 15) is 23.9 Å². The van der Waals surface area contributed by atoms with E-state index in [0.29, 0.717) is 0 Å². The molecule has 0 saturated carbocycles. The molecule has 1 atom stereocenters. The number of carboxylic acid groups (broad SMARTS) is 1. The average Bonchev–Trinajstić information content (AvgIpc) is 2.48. The number of halogens is 1. The monoisotopic (exact) mass is 307 g/mol. The van der Waals surface area contributed by atoms with Crippen LogP contribution in [0.1, 0.15) is 24.4 Å². The third kappa shape index (κ3) is 3.27. The summed E-state index contributed by atoms with van der Waals surface area (Å²) in [5.41, 5.74) is -0.117. The van der Waals surface area contributed by atoms with Crippen molar-refractivity contribution < 1.29 is 23.9 Å². The van der Waals surface area contributed by atoms with Crippen LogP contribution in [-0.4, -0.2) is 40.7 Å². The van der Waals surface area contributed by atoms with Crippen molar-refractivity contribution in [2.24, 2.45) is 5.10 Å². The molecular weight excluding hydrogens is 293 g/mol. The molecule has 1 unspecified atom stereocenters. The third-order valence-electron chi connectivity index (χ3n) is 3.21. The van der Waals surface area contributed by atoms with Gasteiger partial charge in [0.15, 0.2) is 6.04 Å². The molecule has 1 heterocycles. The Morgan fingerprint density at radius 1 is 1.36 bits per heavy atom. The van der Waals surface area contributed by atoms with Crippen LogP contribution in [0.2, 0.25) is 0 Å². The highest BCUT2D eigenvalue weighted by Gasteiger charge is 2.28. The molecule has 1 aromatic rings. The number of carbonyl (C=O) groups excluding carboxylic acids is 2. The normalized spacial score (nSPS) is 16.0. The minimum absolute atomic E-state index is 0.0321. The molecule has 0 saturated heterocycles. The van der Waals surface area contributed by atoms with Gasteiger partial charge in [0.25, 0.3) is 5.91 Å². The highest BCUT2D eigenvalue weighted by atomic mass is 19.1. The summed E-state index contributed by atoms with van der Waals surface area (Å²) in [6, 6.07) is 3.77. The van der Waals surface area contributed by atoms with Crippen LogP contribution < -0.4 is 5.32 Å². The molecule has 8 heteroatoms. The lowest BCUT2D eigenvalue weighted by Gasteiger charge is -2.21. The standard InChI is InChI=1S/C14H14FN3O4/c1-18-11(19)7-6-10(17-18)13(20)16-12(14(21)22)8-4-2-3-5-9(8)15/h2-5,12H,6-7H2,1H3,(H,16,20)(H,21,22). The van der Waals surface area contributed by atoms with Gasteiger partial charge in [0.05, 0.1) is 0 Å². The van der Waals surface area contributed by atoms with Crippen LogP contribution in [0.5, 0.6) is 0 Å². The molecule has 2 amide bonds. The predicted molar refractivity (Wildman–Crippen MR) is 74.4 cm³/mol. The van der Waals surface area contributed by atoms with Crippen LogP contribution >= 0.6 is 0 Å². The van der Waals surface area contributed by atoms with E-state index < -0.39 is 23.7 Å². The summed E-state index contributed by atoms with van der Waals surface area (Å²) in [7, 11) is 1.40. The first-order valence-corrected chi connectivity index (χ1v) is 6.52. The number of hydrogen-bond acceptors (Lipinski definition) is 4. The molecule has 1 aliphatic heterocycles. The zero-order valence-corrected chi connectivity index (χ0v) is 11.7. The average molecular weight is 307 g/mol. The predicted octanol–water partition coefficient (Wildman–Crippen LogP) is 0.676. The van der Waals surface area contributed by atoms with Gasteiger partial charge in [-0.15, -0.1) is 0 Å². The van der Waals surface area contributed by atoms with Crippen molar-refractivity contribution in [1.82, 2.24) is 10.3 Å². The molecular formula is C14H14FN3O4. The van der Waals surface area contributed by atoms with Gasteiger partial charge in [0.2, 0.25) is 5.91 Å². The fourth-order valence-corrected chi connectivity index (χ4v) is 2.03. The van der Waals surface area contributed by atoms with Crippen molar-refractivity contribution in [3.05, 3.63) is 35.6 Å². The Bertz CT molecular complexity index is 659. The highest BCUT2D eigenvalue weighted by Crippen LogP contribution is 2.18. The smallest absolute Gasteiger partial charge is 0.331 e. The van der Waals surface area contributed by atoms with E-state index in [1.165, 1.54) is 25.2 Å². The minimum atomic E-state index is -1.53. The Morgan fingerprint density at radius 2 is 2.05 bits per heavy atom. The van der Waals surface area contributed by atoms with Crippen molar-refractivity contribution in [2.45, 2.75) is 18.9 Å². The molecule has 2 rings (SSSR count). The number of amides is 2. The maximum atomic E-state index is 13.7. The topological polar surface area (TPSA) is 99.1 Å². The summed E-state index contributed by atoms with van der Waals surface area (Å²) in [6.45, 7) is 0. The van der Waals surface area contributed by atoms with Crippen LogP contribution in [0, 0.1) is 5.82 Å². The van der Waals surface area contributed by atoms with Gasteiger partial charge in [0.1, 0.15) is 11.5 Å². The van der Waals surface area contributed by atoms with Gasteiger partial charge in [-0.3, -0.25) is 9.59 Å². The van der Waals surface area contributed by atoms with Gasteiger partial charge in [-0.2, -0.15) is 5.10 Å². The summed E-state index contributed by atoms with van der Waals surface area (Å²) >= 11 is 0. The first kappa shape index (κ1) is 15.6. The number of rotatable bonds is 4. The molecule has 0 aliphatic carbocycles. The summed E-state index contributed by atoms with van der Waals surface area (Å²) in [4.78, 5) is 34.7. The molecule has 22 heavy (non-hydrogen) atoms. The van der Waals surface area contributed by atoms with Gasteiger partial charge in [0, 0.05) is 25.5 Å². The zero-order valence-electron chi connectivity index (χ0n) is 11.7. The third-order valence-corrected chi connectivity index (χ3v) is 3.21. The second-order valence-corrected chi connectivity index (χ2v) is 4.73. The fraction of sp³-hybridized carbons (Fsp3) is 0.286. The maximum absolute atomic E-state index is 13.7. The number of nitrogens with zero attached hydrogens (tertiary/aromatic N) is 2. The van der Waals surface area contributed by atoms with Crippen molar-refractivity contribution >= 4 is 23.5 Å². The Labute approximate surface area is 125 Å². The quantitative estimate of drug-likeness (QED) is 0.854. The fourth-order valence-electron chi connectivity index (χ4n) is 2.03. The molecule has 1 aliphatic rings. The Kier molecular flexibility index (Phi) is 4.50. The second-order valence-electron chi connectivity index (χ2n) is 4.73. The largest absolute Gasteiger partial charge is 0.479 e. The number of carbonyl (C=O) groups is 3. The van der Waals surface area contributed by atoms with Crippen molar-refractivity contribution in [3.63, 3.8) is 0 Å². The lowest BCUT2D eigenvalue weighted by Crippen LogP contribution is -2.41. The van der Waals surface area contributed by atoms with Crippen LogP contribution in [-0.2, 0) is 14.4 Å². The van der Waals surface area contributed by atoms with E-state index in [1.807, 2.05) is 0 Å². The Hall–Kier alpha value is -2.77. The van der Waals surface area contributed by atoms with Crippen LogP contribution in [0.25, 0.3) is 0 Å². The summed E-state index contributed by atoms with van der Waals surface area (Å²) < 4.78 is 13.7. The summed E-state index contributed by atoms with van der Waals surface area (Å²) in [5.74, 6) is -3.09. The second kappa shape index (κ2) is 6.33. The van der Waals surface area contributed by atoms with E-state index in [1.54, 1.807) is 0 Å². The van der Waals surface area contributed by atoms with Gasteiger partial charge in [-0.1, -0.05) is 18.2 Å². The van der Waals surface area contributed by atoms with Crippen LogP contribution in [0.3, 0.4) is 0 Å². The molecule has 0 bridgehead atoms. The van der Waals surface area contributed by atoms with E-state index in [0.717, 1.165) is 11.1 Å². The molecule has 0 fully saturated rings. The minimum Gasteiger partial charge on any atom is -0.479 e. The van der Waals surface area contributed by atoms with E-state index in [-0.39, 0.29) is 30.0 Å². The Morgan fingerprint density at radius 3 is 2.64 bits per heavy atom. The van der Waals surface area contributed by atoms with E-state index >= 15 is 0 Å². The van der Waals surface area contributed by atoms with Crippen molar-refractivity contribution in [1.29, 1.82) is 0 Å². The lowest BCUT2D eigenvalue weighted by atomic mass is 10.1. The molecule has 1 aromatic carbocycles. The first-order chi connectivity index (χ1) is 10.4. The van der Waals surface area contributed by atoms with Crippen molar-refractivity contribution in [3.8, 4) is 0 Å². The van der Waals surface area contributed by atoms with Gasteiger partial charge in [-0.05, 0) is 6.07 Å². The molecule has 0 radical (unpaired) electrons. The molecule has 2 N–H and O–H groups in total. The van der Waals surface area contributed by atoms with E-state index in [4.69, 9.17) is 0 Å². The van der Waals surface area contributed by atoms with Crippen molar-refractivity contribution in [2.75, 3.05) is 7.05 Å². The van der Waals surface area contributed by atoms with Gasteiger partial charge >= 0.3 is 5.97 Å². The maximum Gasteiger partial charge on any atom is 0.331 e. The number of benzene rings is 1. The first-order valence-electron chi connectivity index (χ1n) is 6.52. The lowest BCUT2D eigenvalue weighted by molar-refractivity contribution is -0.141. The SMILES string of the molecule is CN1N=C(C(=O)NC(C(=O)O)c2ccccc2F)CCC1=O. The highest BCUT2D eigenvalue weighted by molar-refractivity contribution is 6.39. The zero-order chi connectivity index (χ0) is 16.3. The number of aliphatic carboxylic acids is 1. The number of hydrazone groups is 1. The number of hydrogen-bond donors (Lipinski definition) is 2. The summed E-state index contributed by atoms with van der Waals surface area (Å²) in [6.07, 6.45) is 0.221. The molecule has 0 aromatic heterocycles. The number of carboxylic acids is 1. The number of nitrogens with one attached hydrogen (secondary N) is 1. The molecule has 7 nitrogen and oxygen atoms in total. The molecule has 116 valence electrons. The van der Waals surface area contributed by atoms with Crippen LogP contribution in [0.4, 0.5) is 4.39 Å². The molecule has 0 spiro atoms. The van der Waals surface area contributed by atoms with Gasteiger partial charge in [-0.25, -0.2) is 14.2 Å². The summed E-state index contributed by atoms with van der Waals surface area (Å²) in [5, 5.41) is 16.3. The van der Waals surface area contributed by atoms with Crippen LogP contribution in [0.15, 0.2) is 29.4 Å². The Balaban J connectivity index is 2.21. The van der Waals surface area contributed by atoms with Gasteiger partial charge < -0.3 is 10.4 Å². The van der Waals surface area contributed by atoms with E-state index in [2.05, 4.69) is 10.4 Å².